The molecule has 0 aliphatic rings. The molecule has 0 saturated heterocycles. The van der Waals surface area contributed by atoms with E-state index in [9.17, 15) is 12.8 Å². The molecule has 2 aromatic rings. The van der Waals surface area contributed by atoms with E-state index in [4.69, 9.17) is 0 Å². The lowest BCUT2D eigenvalue weighted by Gasteiger charge is -2.07. The van der Waals surface area contributed by atoms with E-state index in [1.807, 2.05) is 17.7 Å². The van der Waals surface area contributed by atoms with Gasteiger partial charge in [-0.3, -0.25) is 0 Å². The van der Waals surface area contributed by atoms with Gasteiger partial charge in [-0.25, -0.2) is 17.5 Å². The first-order valence-electron chi connectivity index (χ1n) is 5.76. The highest BCUT2D eigenvalue weighted by Crippen LogP contribution is 2.09. The van der Waals surface area contributed by atoms with Crippen LogP contribution in [0.3, 0.4) is 0 Å². The van der Waals surface area contributed by atoms with Gasteiger partial charge in [0, 0.05) is 25.7 Å². The van der Waals surface area contributed by atoms with Crippen LogP contribution in [0.25, 0.3) is 0 Å². The number of nitrogens with zero attached hydrogens (tertiary/aromatic N) is 1. The SMILES string of the molecule is Cn1[c]ccc1CCNS(=O)(=O)c1ccc(F)cc1. The van der Waals surface area contributed by atoms with E-state index < -0.39 is 15.8 Å². The summed E-state index contributed by atoms with van der Waals surface area (Å²) < 4.78 is 40.8. The maximum atomic E-state index is 12.7. The molecule has 2 rings (SSSR count). The Labute approximate surface area is 111 Å². The summed E-state index contributed by atoms with van der Waals surface area (Å²) in [4.78, 5) is 0.0624. The van der Waals surface area contributed by atoms with Crippen LogP contribution < -0.4 is 4.72 Å². The lowest BCUT2D eigenvalue weighted by Crippen LogP contribution is -2.26. The molecule has 0 aliphatic carbocycles. The maximum Gasteiger partial charge on any atom is 0.240 e. The minimum absolute atomic E-state index is 0.0624. The first-order chi connectivity index (χ1) is 8.99. The number of halogens is 1. The molecule has 0 spiro atoms. The van der Waals surface area contributed by atoms with Gasteiger partial charge in [-0.05, 0) is 36.4 Å². The van der Waals surface area contributed by atoms with E-state index in [0.717, 1.165) is 17.8 Å². The largest absolute Gasteiger partial charge is 0.346 e. The topological polar surface area (TPSA) is 51.1 Å². The van der Waals surface area contributed by atoms with Crippen molar-refractivity contribution in [2.45, 2.75) is 11.3 Å². The first-order valence-corrected chi connectivity index (χ1v) is 7.25. The van der Waals surface area contributed by atoms with Crippen LogP contribution in [0.15, 0.2) is 41.3 Å². The van der Waals surface area contributed by atoms with Crippen molar-refractivity contribution >= 4 is 10.0 Å². The molecule has 0 aliphatic heterocycles. The van der Waals surface area contributed by atoms with E-state index in [1.165, 1.54) is 12.1 Å². The number of aryl methyl sites for hydroxylation is 1. The zero-order valence-corrected chi connectivity index (χ0v) is 11.2. The van der Waals surface area contributed by atoms with Gasteiger partial charge in [0.05, 0.1) is 11.1 Å². The summed E-state index contributed by atoms with van der Waals surface area (Å²) in [7, 11) is -1.73. The minimum Gasteiger partial charge on any atom is -0.346 e. The van der Waals surface area contributed by atoms with E-state index in [-0.39, 0.29) is 11.4 Å². The molecule has 1 aromatic heterocycles. The van der Waals surface area contributed by atoms with E-state index >= 15 is 0 Å². The molecule has 101 valence electrons. The Balaban J connectivity index is 1.98. The number of hydrogen-bond acceptors (Lipinski definition) is 2. The van der Waals surface area contributed by atoms with Crippen molar-refractivity contribution in [3.8, 4) is 0 Å². The van der Waals surface area contributed by atoms with Crippen LogP contribution in [0, 0.1) is 12.0 Å². The second kappa shape index (κ2) is 5.54. The smallest absolute Gasteiger partial charge is 0.240 e. The molecule has 0 unspecified atom stereocenters. The molecular weight excluding hydrogens is 267 g/mol. The van der Waals surface area contributed by atoms with Gasteiger partial charge in [0.15, 0.2) is 0 Å². The standard InChI is InChI=1S/C13H14FN2O2S/c1-16-10-2-3-12(16)8-9-15-19(17,18)13-6-4-11(14)5-7-13/h2-7,15H,8-9H2,1H3. The van der Waals surface area contributed by atoms with Crippen molar-refractivity contribution in [1.29, 1.82) is 0 Å². The Morgan fingerprint density at radius 1 is 1.26 bits per heavy atom. The fourth-order valence-corrected chi connectivity index (χ4v) is 2.73. The molecule has 0 amide bonds. The van der Waals surface area contributed by atoms with Gasteiger partial charge in [-0.15, -0.1) is 0 Å². The van der Waals surface area contributed by atoms with Gasteiger partial charge >= 0.3 is 0 Å². The normalized spacial score (nSPS) is 11.7. The summed E-state index contributed by atoms with van der Waals surface area (Å²) in [6, 6.07) is 8.40. The zero-order valence-electron chi connectivity index (χ0n) is 10.4. The van der Waals surface area contributed by atoms with Crippen LogP contribution >= 0.6 is 0 Å². The highest BCUT2D eigenvalue weighted by molar-refractivity contribution is 7.89. The average Bonchev–Trinajstić information content (AvgIpc) is 2.75. The second-order valence-electron chi connectivity index (χ2n) is 4.11. The number of aromatic nitrogens is 1. The van der Waals surface area contributed by atoms with Gasteiger partial charge in [0.25, 0.3) is 0 Å². The molecule has 0 saturated carbocycles. The Morgan fingerprint density at radius 3 is 2.53 bits per heavy atom. The number of rotatable bonds is 5. The van der Waals surface area contributed by atoms with Crippen molar-refractivity contribution in [3.05, 3.63) is 54.1 Å². The van der Waals surface area contributed by atoms with E-state index in [0.29, 0.717) is 6.42 Å². The summed E-state index contributed by atoms with van der Waals surface area (Å²) in [5, 5.41) is 0. The minimum atomic E-state index is -3.58. The van der Waals surface area contributed by atoms with Crippen LogP contribution in [0.2, 0.25) is 0 Å². The Kier molecular flexibility index (Phi) is 4.01. The molecule has 0 atom stereocenters. The molecule has 0 fully saturated rings. The van der Waals surface area contributed by atoms with Crippen LogP contribution in [0.5, 0.6) is 0 Å². The van der Waals surface area contributed by atoms with E-state index in [2.05, 4.69) is 10.9 Å². The van der Waals surface area contributed by atoms with Gasteiger partial charge in [-0.1, -0.05) is 0 Å². The monoisotopic (exact) mass is 281 g/mol. The fraction of sp³-hybridized carbons (Fsp3) is 0.231. The molecule has 19 heavy (non-hydrogen) atoms. The number of sulfonamides is 1. The maximum absolute atomic E-state index is 12.7. The molecule has 1 heterocycles. The molecule has 1 radical (unpaired) electrons. The zero-order chi connectivity index (χ0) is 13.9. The average molecular weight is 281 g/mol. The first kappa shape index (κ1) is 13.8. The summed E-state index contributed by atoms with van der Waals surface area (Å²) in [5.41, 5.74) is 0.988. The molecule has 0 bridgehead atoms. The molecular formula is C13H14FN2O2S. The Bertz CT molecular complexity index is 648. The summed E-state index contributed by atoms with van der Waals surface area (Å²) in [6.45, 7) is 0.283. The van der Waals surface area contributed by atoms with Crippen molar-refractivity contribution in [3.63, 3.8) is 0 Å². The fourth-order valence-electron chi connectivity index (χ4n) is 1.70. The lowest BCUT2D eigenvalue weighted by molar-refractivity contribution is 0.579. The van der Waals surface area contributed by atoms with Gasteiger partial charge < -0.3 is 4.57 Å². The summed E-state index contributed by atoms with van der Waals surface area (Å²) in [5.74, 6) is -0.460. The third kappa shape index (κ3) is 3.42. The van der Waals surface area contributed by atoms with Crippen molar-refractivity contribution in [1.82, 2.24) is 9.29 Å². The van der Waals surface area contributed by atoms with E-state index in [1.54, 1.807) is 6.07 Å². The van der Waals surface area contributed by atoms with Crippen molar-refractivity contribution < 1.29 is 12.8 Å². The highest BCUT2D eigenvalue weighted by Gasteiger charge is 2.13. The van der Waals surface area contributed by atoms with Crippen LogP contribution in [0.1, 0.15) is 5.69 Å². The molecule has 1 N–H and O–H groups in total. The quantitative estimate of drug-likeness (QED) is 0.902. The van der Waals surface area contributed by atoms with Crippen LogP contribution in [0.4, 0.5) is 4.39 Å². The predicted octanol–water partition coefficient (Wildman–Crippen LogP) is 1.49. The molecule has 4 nitrogen and oxygen atoms in total. The van der Waals surface area contributed by atoms with Crippen LogP contribution in [-0.2, 0) is 23.5 Å². The molecule has 1 aromatic carbocycles. The number of hydrogen-bond donors (Lipinski definition) is 1. The third-order valence-electron chi connectivity index (χ3n) is 2.77. The predicted molar refractivity (Wildman–Crippen MR) is 69.5 cm³/mol. The molecule has 6 heteroatoms. The third-order valence-corrected chi connectivity index (χ3v) is 4.25. The van der Waals surface area contributed by atoms with Gasteiger partial charge in [0.2, 0.25) is 10.0 Å². The van der Waals surface area contributed by atoms with Crippen LogP contribution in [-0.4, -0.2) is 19.5 Å². The number of benzene rings is 1. The summed E-state index contributed by atoms with van der Waals surface area (Å²) >= 11 is 0. The Morgan fingerprint density at radius 2 is 1.95 bits per heavy atom. The highest BCUT2D eigenvalue weighted by atomic mass is 32.2. The second-order valence-corrected chi connectivity index (χ2v) is 5.88. The lowest BCUT2D eigenvalue weighted by atomic mass is 10.3. The van der Waals surface area contributed by atoms with Gasteiger partial charge in [-0.2, -0.15) is 0 Å². The van der Waals surface area contributed by atoms with Crippen molar-refractivity contribution in [2.75, 3.05) is 6.54 Å². The Hall–Kier alpha value is -1.66. The van der Waals surface area contributed by atoms with Gasteiger partial charge in [0.1, 0.15) is 5.82 Å². The number of nitrogens with one attached hydrogen (secondary N) is 1. The summed E-state index contributed by atoms with van der Waals surface area (Å²) in [6.07, 6.45) is 3.52. The van der Waals surface area contributed by atoms with Crippen molar-refractivity contribution in [2.24, 2.45) is 7.05 Å².